The van der Waals surface area contributed by atoms with Crippen molar-refractivity contribution in [1.82, 2.24) is 5.32 Å². The summed E-state index contributed by atoms with van der Waals surface area (Å²) in [5.41, 5.74) is 2.91. The van der Waals surface area contributed by atoms with E-state index in [1.54, 1.807) is 33.5 Å². The molecule has 0 bridgehead atoms. The van der Waals surface area contributed by atoms with Crippen molar-refractivity contribution in [3.8, 4) is 23.0 Å². The molecule has 3 aromatic rings. The Morgan fingerprint density at radius 2 is 1.55 bits per heavy atom. The van der Waals surface area contributed by atoms with Crippen molar-refractivity contribution in [2.75, 3.05) is 27.9 Å². The van der Waals surface area contributed by atoms with E-state index in [4.69, 9.17) is 18.9 Å². The van der Waals surface area contributed by atoms with Crippen molar-refractivity contribution in [1.29, 1.82) is 0 Å². The van der Waals surface area contributed by atoms with Crippen LogP contribution in [0.5, 0.6) is 23.0 Å². The molecule has 3 aromatic carbocycles. The van der Waals surface area contributed by atoms with Crippen LogP contribution in [-0.2, 0) is 17.8 Å². The Labute approximate surface area is 194 Å². The molecule has 6 heteroatoms. The number of methoxy groups -OCH3 is 3. The van der Waals surface area contributed by atoms with Crippen LogP contribution < -0.4 is 24.3 Å². The van der Waals surface area contributed by atoms with Gasteiger partial charge in [-0.1, -0.05) is 36.4 Å². The highest BCUT2D eigenvalue weighted by atomic mass is 16.5. The lowest BCUT2D eigenvalue weighted by atomic mass is 10.1. The lowest BCUT2D eigenvalue weighted by Gasteiger charge is -2.13. The van der Waals surface area contributed by atoms with Crippen LogP contribution in [0.1, 0.15) is 16.7 Å². The number of amides is 1. The molecule has 0 aliphatic heterocycles. The highest BCUT2D eigenvalue weighted by Gasteiger charge is 2.08. The minimum atomic E-state index is -0.146. The molecule has 1 N–H and O–H groups in total. The summed E-state index contributed by atoms with van der Waals surface area (Å²) in [4.78, 5) is 12.2. The molecule has 0 saturated heterocycles. The molecule has 0 saturated carbocycles. The van der Waals surface area contributed by atoms with Crippen molar-refractivity contribution in [3.63, 3.8) is 0 Å². The molecule has 0 spiro atoms. The van der Waals surface area contributed by atoms with Gasteiger partial charge in [-0.05, 0) is 53.5 Å². The Bertz CT molecular complexity index is 1060. The van der Waals surface area contributed by atoms with Gasteiger partial charge < -0.3 is 24.3 Å². The Morgan fingerprint density at radius 1 is 0.818 bits per heavy atom. The summed E-state index contributed by atoms with van der Waals surface area (Å²) in [6.45, 7) is 0.880. The second kappa shape index (κ2) is 12.2. The third-order valence-corrected chi connectivity index (χ3v) is 4.98. The Kier molecular flexibility index (Phi) is 8.77. The lowest BCUT2D eigenvalue weighted by molar-refractivity contribution is -0.116. The fourth-order valence-corrected chi connectivity index (χ4v) is 3.23. The van der Waals surface area contributed by atoms with Gasteiger partial charge >= 0.3 is 0 Å². The molecule has 33 heavy (non-hydrogen) atoms. The average Bonchev–Trinajstić information content (AvgIpc) is 2.86. The van der Waals surface area contributed by atoms with Crippen LogP contribution in [-0.4, -0.2) is 33.8 Å². The molecule has 0 aromatic heterocycles. The van der Waals surface area contributed by atoms with E-state index < -0.39 is 0 Å². The maximum absolute atomic E-state index is 12.2. The number of carbonyl (C=O) groups is 1. The average molecular weight is 448 g/mol. The van der Waals surface area contributed by atoms with E-state index in [9.17, 15) is 4.79 Å². The molecule has 172 valence electrons. The number of hydrogen-bond donors (Lipinski definition) is 1. The van der Waals surface area contributed by atoms with E-state index in [2.05, 4.69) is 5.32 Å². The summed E-state index contributed by atoms with van der Waals surface area (Å²) in [7, 11) is 4.80. The van der Waals surface area contributed by atoms with Gasteiger partial charge in [0.1, 0.15) is 18.1 Å². The van der Waals surface area contributed by atoms with Crippen LogP contribution in [0.25, 0.3) is 6.08 Å². The first-order valence-corrected chi connectivity index (χ1v) is 10.6. The van der Waals surface area contributed by atoms with Crippen molar-refractivity contribution in [2.45, 2.75) is 13.0 Å². The second-order valence-electron chi connectivity index (χ2n) is 7.28. The standard InChI is InChI=1S/C27H29NO5/c1-30-23-15-22(16-24(18-23)31-2)19-33-26-17-21(9-11-25(26)32-3)10-12-27(29)28-14-13-20-7-5-4-6-8-20/h4-12,15-18H,13-14,19H2,1-3H3,(H,28,29)/b12-10+. The van der Waals surface area contributed by atoms with E-state index in [0.29, 0.717) is 36.1 Å². The number of nitrogens with one attached hydrogen (secondary N) is 1. The van der Waals surface area contributed by atoms with E-state index in [1.807, 2.05) is 60.7 Å². The van der Waals surface area contributed by atoms with Crippen molar-refractivity contribution in [2.24, 2.45) is 0 Å². The van der Waals surface area contributed by atoms with Gasteiger partial charge in [0.15, 0.2) is 11.5 Å². The van der Waals surface area contributed by atoms with E-state index >= 15 is 0 Å². The largest absolute Gasteiger partial charge is 0.497 e. The molecule has 0 atom stereocenters. The number of rotatable bonds is 11. The molecule has 0 unspecified atom stereocenters. The summed E-state index contributed by atoms with van der Waals surface area (Å²) in [6, 6.07) is 21.1. The van der Waals surface area contributed by atoms with Gasteiger partial charge in [0.25, 0.3) is 0 Å². The van der Waals surface area contributed by atoms with Crippen LogP contribution in [0.15, 0.2) is 72.8 Å². The fraction of sp³-hybridized carbons (Fsp3) is 0.222. The van der Waals surface area contributed by atoms with Gasteiger partial charge in [-0.25, -0.2) is 0 Å². The van der Waals surface area contributed by atoms with Crippen molar-refractivity contribution < 1.29 is 23.7 Å². The summed E-state index contributed by atoms with van der Waals surface area (Å²) in [5, 5.41) is 2.90. The highest BCUT2D eigenvalue weighted by molar-refractivity contribution is 5.91. The van der Waals surface area contributed by atoms with Gasteiger partial charge in [-0.15, -0.1) is 0 Å². The lowest BCUT2D eigenvalue weighted by Crippen LogP contribution is -2.23. The maximum atomic E-state index is 12.2. The first kappa shape index (κ1) is 23.7. The molecular formula is C27H29NO5. The number of ether oxygens (including phenoxy) is 4. The van der Waals surface area contributed by atoms with Gasteiger partial charge in [-0.3, -0.25) is 4.79 Å². The monoisotopic (exact) mass is 447 g/mol. The molecular weight excluding hydrogens is 418 g/mol. The van der Waals surface area contributed by atoms with Crippen LogP contribution in [0.3, 0.4) is 0 Å². The van der Waals surface area contributed by atoms with Crippen LogP contribution in [0.4, 0.5) is 0 Å². The van der Waals surface area contributed by atoms with Crippen LogP contribution in [0.2, 0.25) is 0 Å². The van der Waals surface area contributed by atoms with Gasteiger partial charge in [-0.2, -0.15) is 0 Å². The van der Waals surface area contributed by atoms with E-state index in [0.717, 1.165) is 17.5 Å². The normalized spacial score (nSPS) is 10.6. The fourth-order valence-electron chi connectivity index (χ4n) is 3.23. The quantitative estimate of drug-likeness (QED) is 0.433. The molecule has 0 radical (unpaired) electrons. The van der Waals surface area contributed by atoms with E-state index in [-0.39, 0.29) is 5.91 Å². The predicted octanol–water partition coefficient (Wildman–Crippen LogP) is 4.66. The summed E-state index contributed by atoms with van der Waals surface area (Å²) in [5.74, 6) is 2.41. The van der Waals surface area contributed by atoms with Crippen molar-refractivity contribution in [3.05, 3.63) is 89.5 Å². The Morgan fingerprint density at radius 3 is 2.21 bits per heavy atom. The first-order chi connectivity index (χ1) is 16.1. The number of hydrogen-bond acceptors (Lipinski definition) is 5. The molecule has 3 rings (SSSR count). The van der Waals surface area contributed by atoms with Gasteiger partial charge in [0.2, 0.25) is 5.91 Å². The smallest absolute Gasteiger partial charge is 0.244 e. The molecule has 0 fully saturated rings. The Hall–Kier alpha value is -3.93. The van der Waals surface area contributed by atoms with Gasteiger partial charge in [0, 0.05) is 18.7 Å². The highest BCUT2D eigenvalue weighted by Crippen LogP contribution is 2.30. The zero-order valence-electron chi connectivity index (χ0n) is 19.2. The van der Waals surface area contributed by atoms with E-state index in [1.165, 1.54) is 11.6 Å². The number of carbonyl (C=O) groups excluding carboxylic acids is 1. The zero-order valence-corrected chi connectivity index (χ0v) is 19.2. The molecule has 0 aliphatic carbocycles. The molecule has 0 heterocycles. The maximum Gasteiger partial charge on any atom is 0.244 e. The third-order valence-electron chi connectivity index (χ3n) is 4.98. The summed E-state index contributed by atoms with van der Waals surface area (Å²) < 4.78 is 22.1. The van der Waals surface area contributed by atoms with Crippen LogP contribution in [0, 0.1) is 0 Å². The minimum absolute atomic E-state index is 0.146. The zero-order chi connectivity index (χ0) is 23.5. The first-order valence-electron chi connectivity index (χ1n) is 10.6. The SMILES string of the molecule is COc1cc(COc2cc(/C=C/C(=O)NCCc3ccccc3)ccc2OC)cc(OC)c1. The molecule has 0 aliphatic rings. The predicted molar refractivity (Wildman–Crippen MR) is 129 cm³/mol. The Balaban J connectivity index is 1.61. The summed E-state index contributed by atoms with van der Waals surface area (Å²) in [6.07, 6.45) is 4.05. The minimum Gasteiger partial charge on any atom is -0.497 e. The summed E-state index contributed by atoms with van der Waals surface area (Å²) >= 11 is 0. The van der Waals surface area contributed by atoms with Crippen molar-refractivity contribution >= 4 is 12.0 Å². The van der Waals surface area contributed by atoms with Gasteiger partial charge in [0.05, 0.1) is 21.3 Å². The topological polar surface area (TPSA) is 66.0 Å². The number of benzene rings is 3. The molecule has 1 amide bonds. The molecule has 6 nitrogen and oxygen atoms in total. The second-order valence-corrected chi connectivity index (χ2v) is 7.28. The third kappa shape index (κ3) is 7.31. The van der Waals surface area contributed by atoms with Crippen LogP contribution >= 0.6 is 0 Å².